The van der Waals surface area contributed by atoms with E-state index in [1.165, 1.54) is 0 Å². The summed E-state index contributed by atoms with van der Waals surface area (Å²) in [6, 6.07) is 0. The van der Waals surface area contributed by atoms with E-state index in [4.69, 9.17) is 18.9 Å². The Morgan fingerprint density at radius 1 is 1.04 bits per heavy atom. The summed E-state index contributed by atoms with van der Waals surface area (Å²) in [6.07, 6.45) is 3.05. The third-order valence-electron chi connectivity index (χ3n) is 5.88. The van der Waals surface area contributed by atoms with Crippen molar-refractivity contribution < 1.29 is 34.0 Å². The first-order valence-electron chi connectivity index (χ1n) is 9.39. The molecule has 3 rings (SSSR count). The molecule has 7 heteroatoms. The van der Waals surface area contributed by atoms with Crippen LogP contribution in [0.25, 0.3) is 0 Å². The molecule has 3 fully saturated rings. The highest BCUT2D eigenvalue weighted by molar-refractivity contribution is 5.89. The minimum Gasteiger partial charge on any atom is -0.462 e. The molecular formula is C19H30O7. The smallest absolute Gasteiger partial charge is 0.333 e. The lowest BCUT2D eigenvalue weighted by molar-refractivity contribution is -0.146. The third kappa shape index (κ3) is 4.84. The van der Waals surface area contributed by atoms with Gasteiger partial charge in [-0.25, -0.2) is 4.79 Å². The first-order valence-corrected chi connectivity index (χ1v) is 9.39. The van der Waals surface area contributed by atoms with Gasteiger partial charge in [-0.3, -0.25) is 0 Å². The van der Waals surface area contributed by atoms with Crippen molar-refractivity contribution in [2.24, 2.45) is 10.8 Å². The fourth-order valence-electron chi connectivity index (χ4n) is 3.47. The van der Waals surface area contributed by atoms with Gasteiger partial charge in [-0.15, -0.1) is 0 Å². The highest BCUT2D eigenvalue weighted by atomic mass is 16.6. The van der Waals surface area contributed by atoms with Crippen LogP contribution in [0.3, 0.4) is 0 Å². The number of carbonyl (C=O) groups excluding carboxylic acids is 1. The molecule has 0 bridgehead atoms. The van der Waals surface area contributed by atoms with E-state index in [2.05, 4.69) is 6.58 Å². The molecule has 2 N–H and O–H groups in total. The largest absolute Gasteiger partial charge is 0.462 e. The Hall–Kier alpha value is -0.990. The summed E-state index contributed by atoms with van der Waals surface area (Å²) in [5, 5.41) is 19.1. The van der Waals surface area contributed by atoms with E-state index < -0.39 is 16.8 Å². The number of carbonyl (C=O) groups is 1. The predicted octanol–water partition coefficient (Wildman–Crippen LogP) is 0.820. The van der Waals surface area contributed by atoms with Gasteiger partial charge in [0, 0.05) is 11.0 Å². The summed E-state index contributed by atoms with van der Waals surface area (Å²) in [5.74, 6) is -0.480. The minimum absolute atomic E-state index is 0.0375. The van der Waals surface area contributed by atoms with Crippen molar-refractivity contribution in [3.8, 4) is 0 Å². The fourth-order valence-corrected chi connectivity index (χ4v) is 3.47. The normalized spacial score (nSPS) is 29.0. The van der Waals surface area contributed by atoms with Gasteiger partial charge in [-0.2, -0.15) is 0 Å². The molecule has 0 saturated carbocycles. The van der Waals surface area contributed by atoms with E-state index in [0.717, 1.165) is 0 Å². The molecule has 0 spiro atoms. The second-order valence-corrected chi connectivity index (χ2v) is 7.98. The van der Waals surface area contributed by atoms with Crippen molar-refractivity contribution >= 4 is 5.97 Å². The fraction of sp³-hybridized carbons (Fsp3) is 0.842. The molecule has 0 amide bonds. The van der Waals surface area contributed by atoms with Crippen molar-refractivity contribution in [1.29, 1.82) is 0 Å². The molecule has 0 radical (unpaired) electrons. The summed E-state index contributed by atoms with van der Waals surface area (Å²) in [4.78, 5) is 12.8. The van der Waals surface area contributed by atoms with Crippen LogP contribution in [0, 0.1) is 10.8 Å². The standard InChI is InChI=1S/C19H30O7/c1-3-18(10-20,11-21)12-26-17(22)13(2)19(4-14-7-23-14,5-15-8-24-15)6-16-9-25-16/h14-16,20-21H,2-12H2,1H3. The van der Waals surface area contributed by atoms with E-state index in [1.54, 1.807) is 0 Å². The topological polar surface area (TPSA) is 104 Å². The van der Waals surface area contributed by atoms with Gasteiger partial charge >= 0.3 is 5.97 Å². The van der Waals surface area contributed by atoms with Gasteiger partial charge < -0.3 is 29.2 Å². The Bertz CT molecular complexity index is 472. The third-order valence-corrected chi connectivity index (χ3v) is 5.88. The Morgan fingerprint density at radius 3 is 1.77 bits per heavy atom. The number of hydrogen-bond donors (Lipinski definition) is 2. The predicted molar refractivity (Wildman–Crippen MR) is 92.5 cm³/mol. The number of hydrogen-bond acceptors (Lipinski definition) is 7. The summed E-state index contributed by atoms with van der Waals surface area (Å²) >= 11 is 0. The van der Waals surface area contributed by atoms with Crippen LogP contribution in [-0.2, 0) is 23.7 Å². The van der Waals surface area contributed by atoms with Gasteiger partial charge in [0.1, 0.15) is 6.61 Å². The average Bonchev–Trinajstić information content (AvgIpc) is 3.46. The van der Waals surface area contributed by atoms with Crippen molar-refractivity contribution in [2.75, 3.05) is 39.6 Å². The molecule has 7 nitrogen and oxygen atoms in total. The van der Waals surface area contributed by atoms with Crippen LogP contribution in [0.5, 0.6) is 0 Å². The van der Waals surface area contributed by atoms with Crippen LogP contribution >= 0.6 is 0 Å². The van der Waals surface area contributed by atoms with Gasteiger partial charge in [0.25, 0.3) is 0 Å². The molecule has 3 atom stereocenters. The quantitative estimate of drug-likeness (QED) is 0.281. The SMILES string of the molecule is C=C(C(=O)OCC(CC)(CO)CO)C(CC1CO1)(CC1CO1)CC1CO1. The van der Waals surface area contributed by atoms with E-state index >= 15 is 0 Å². The molecule has 26 heavy (non-hydrogen) atoms. The molecule has 0 aromatic heterocycles. The van der Waals surface area contributed by atoms with Gasteiger partial charge in [-0.1, -0.05) is 13.5 Å². The first-order chi connectivity index (χ1) is 12.5. The van der Waals surface area contributed by atoms with Crippen molar-refractivity contribution in [1.82, 2.24) is 0 Å². The second kappa shape index (κ2) is 7.94. The maximum atomic E-state index is 12.8. The lowest BCUT2D eigenvalue weighted by Crippen LogP contribution is -2.38. The number of ether oxygens (including phenoxy) is 4. The van der Waals surface area contributed by atoms with Gasteiger partial charge in [0.15, 0.2) is 0 Å². The molecule has 0 aromatic rings. The number of aliphatic hydroxyl groups is 2. The molecule has 0 aliphatic carbocycles. The summed E-state index contributed by atoms with van der Waals surface area (Å²) in [7, 11) is 0. The molecular weight excluding hydrogens is 340 g/mol. The van der Waals surface area contributed by atoms with E-state index in [0.29, 0.717) is 51.1 Å². The Kier molecular flexibility index (Phi) is 6.04. The van der Waals surface area contributed by atoms with Crippen molar-refractivity contribution in [3.05, 3.63) is 12.2 Å². The van der Waals surface area contributed by atoms with Crippen LogP contribution in [0.2, 0.25) is 0 Å². The minimum atomic E-state index is -0.822. The second-order valence-electron chi connectivity index (χ2n) is 7.98. The highest BCUT2D eigenvalue weighted by Gasteiger charge is 2.49. The Labute approximate surface area is 154 Å². The number of aliphatic hydroxyl groups excluding tert-OH is 2. The maximum absolute atomic E-state index is 12.8. The zero-order valence-electron chi connectivity index (χ0n) is 15.4. The molecule has 0 aromatic carbocycles. The van der Waals surface area contributed by atoms with Crippen LogP contribution in [0.1, 0.15) is 32.6 Å². The molecule has 3 heterocycles. The molecule has 3 saturated heterocycles. The Morgan fingerprint density at radius 2 is 1.46 bits per heavy atom. The lowest BCUT2D eigenvalue weighted by Gasteiger charge is -2.35. The van der Waals surface area contributed by atoms with Crippen molar-refractivity contribution in [3.63, 3.8) is 0 Å². The van der Waals surface area contributed by atoms with Gasteiger partial charge in [0.05, 0.1) is 56.8 Å². The van der Waals surface area contributed by atoms with E-state index in [1.807, 2.05) is 6.92 Å². The number of esters is 1. The lowest BCUT2D eigenvalue weighted by atomic mass is 9.70. The highest BCUT2D eigenvalue weighted by Crippen LogP contribution is 2.48. The van der Waals surface area contributed by atoms with Crippen LogP contribution in [0.15, 0.2) is 12.2 Å². The molecule has 3 aliphatic heterocycles. The number of epoxide rings is 3. The van der Waals surface area contributed by atoms with Gasteiger partial charge in [-0.05, 0) is 25.7 Å². The first kappa shape index (κ1) is 19.8. The summed E-state index contributed by atoms with van der Waals surface area (Å²) in [6.45, 7) is 7.51. The summed E-state index contributed by atoms with van der Waals surface area (Å²) < 4.78 is 21.7. The molecule has 3 aliphatic rings. The zero-order chi connectivity index (χ0) is 18.8. The Balaban J connectivity index is 1.69. The van der Waals surface area contributed by atoms with Crippen LogP contribution in [0.4, 0.5) is 0 Å². The van der Waals surface area contributed by atoms with E-state index in [-0.39, 0.29) is 38.1 Å². The van der Waals surface area contributed by atoms with Crippen LogP contribution in [-0.4, -0.2) is 74.1 Å². The number of rotatable bonds is 13. The molecule has 148 valence electrons. The van der Waals surface area contributed by atoms with Crippen LogP contribution < -0.4 is 0 Å². The average molecular weight is 370 g/mol. The van der Waals surface area contributed by atoms with E-state index in [9.17, 15) is 15.0 Å². The zero-order valence-corrected chi connectivity index (χ0v) is 15.4. The van der Waals surface area contributed by atoms with Gasteiger partial charge in [0.2, 0.25) is 0 Å². The molecule has 3 unspecified atom stereocenters. The van der Waals surface area contributed by atoms with Crippen molar-refractivity contribution in [2.45, 2.75) is 50.9 Å². The monoisotopic (exact) mass is 370 g/mol. The summed E-state index contributed by atoms with van der Waals surface area (Å²) in [5.41, 5.74) is -0.870. The maximum Gasteiger partial charge on any atom is 0.333 e.